The number of nitrogens with one attached hydrogen (secondary N) is 1. The molecule has 1 unspecified atom stereocenters. The monoisotopic (exact) mass is 303 g/mol. The second-order valence-electron chi connectivity index (χ2n) is 5.19. The number of aromatic nitrogens is 1. The van der Waals surface area contributed by atoms with E-state index in [0.717, 1.165) is 10.8 Å². The number of benzene rings is 1. The highest BCUT2D eigenvalue weighted by molar-refractivity contribution is 6.26. The Morgan fingerprint density at radius 3 is 2.86 bits per heavy atom. The average Bonchev–Trinajstić information content (AvgIpc) is 2.88. The van der Waals surface area contributed by atoms with E-state index in [1.165, 1.54) is 0 Å². The first-order valence-corrected chi connectivity index (χ1v) is 7.05. The lowest BCUT2D eigenvalue weighted by molar-refractivity contribution is -0.139. The number of fused-ring (bicyclic) bond motifs is 1. The van der Waals surface area contributed by atoms with Gasteiger partial charge in [0, 0.05) is 24.3 Å². The van der Waals surface area contributed by atoms with Crippen molar-refractivity contribution in [2.45, 2.75) is 11.8 Å². The molecule has 6 heteroatoms. The summed E-state index contributed by atoms with van der Waals surface area (Å²) in [5.74, 6) is -1.09. The Morgan fingerprint density at radius 2 is 2.19 bits per heavy atom. The molecule has 1 aromatic heterocycles. The van der Waals surface area contributed by atoms with E-state index >= 15 is 0 Å². The number of hydrogen-bond acceptors (Lipinski definition) is 3. The van der Waals surface area contributed by atoms with Crippen LogP contribution in [0, 0.1) is 5.41 Å². The minimum Gasteiger partial charge on any atom is -0.369 e. The Hall–Kier alpha value is -2.14. The number of rotatable bonds is 3. The zero-order valence-electron chi connectivity index (χ0n) is 11.2. The third-order valence-electron chi connectivity index (χ3n) is 4.04. The van der Waals surface area contributed by atoms with Crippen LogP contribution in [0.25, 0.3) is 10.8 Å². The van der Waals surface area contributed by atoms with Crippen LogP contribution >= 0.6 is 11.6 Å². The number of halogens is 1. The van der Waals surface area contributed by atoms with Gasteiger partial charge in [-0.15, -0.1) is 11.6 Å². The highest BCUT2D eigenvalue weighted by Gasteiger charge is 2.53. The molecule has 108 valence electrons. The molecule has 0 spiro atoms. The molecule has 3 rings (SSSR count). The molecule has 21 heavy (non-hydrogen) atoms. The van der Waals surface area contributed by atoms with Gasteiger partial charge in [-0.2, -0.15) is 0 Å². The van der Waals surface area contributed by atoms with Crippen molar-refractivity contribution >= 4 is 34.2 Å². The molecule has 1 saturated heterocycles. The van der Waals surface area contributed by atoms with Crippen molar-refractivity contribution < 1.29 is 9.59 Å². The summed E-state index contributed by atoms with van der Waals surface area (Å²) in [5.41, 5.74) is 4.77. The third kappa shape index (κ3) is 2.05. The van der Waals surface area contributed by atoms with Crippen LogP contribution in [0.3, 0.4) is 0 Å². The van der Waals surface area contributed by atoms with E-state index in [1.807, 2.05) is 24.3 Å². The molecule has 2 amide bonds. The number of primary amides is 1. The number of amides is 2. The van der Waals surface area contributed by atoms with Crippen molar-refractivity contribution in [1.82, 2.24) is 10.3 Å². The summed E-state index contributed by atoms with van der Waals surface area (Å²) in [5, 5.41) is 3.76. The average molecular weight is 304 g/mol. The standard InChI is InChI=1S/C15H14ClN3O2/c16-12(15(13(17)20)4-6-19-14(15)21)10-2-1-9-3-5-18-8-11(9)7-10/h1-3,5,7-8,12H,4,6H2,(H2,17,20)(H,19,21)/t12?,15-/m0/s1. The molecular weight excluding hydrogens is 290 g/mol. The first-order chi connectivity index (χ1) is 10.1. The predicted octanol–water partition coefficient (Wildman–Crippen LogP) is 1.51. The summed E-state index contributed by atoms with van der Waals surface area (Å²) < 4.78 is 0. The van der Waals surface area contributed by atoms with Gasteiger partial charge in [-0.1, -0.05) is 12.1 Å². The van der Waals surface area contributed by atoms with E-state index in [9.17, 15) is 9.59 Å². The van der Waals surface area contributed by atoms with Gasteiger partial charge in [0.1, 0.15) is 5.41 Å². The van der Waals surface area contributed by atoms with Crippen LogP contribution in [0.2, 0.25) is 0 Å². The number of alkyl halides is 1. The van der Waals surface area contributed by atoms with Gasteiger partial charge in [0.05, 0.1) is 5.38 Å². The zero-order chi connectivity index (χ0) is 15.0. The van der Waals surface area contributed by atoms with Crippen molar-refractivity contribution in [3.05, 3.63) is 42.2 Å². The van der Waals surface area contributed by atoms with E-state index in [-0.39, 0.29) is 0 Å². The van der Waals surface area contributed by atoms with E-state index < -0.39 is 22.6 Å². The summed E-state index contributed by atoms with van der Waals surface area (Å²) in [7, 11) is 0. The molecular formula is C15H14ClN3O2. The van der Waals surface area contributed by atoms with Crippen LogP contribution in [0.4, 0.5) is 0 Å². The van der Waals surface area contributed by atoms with Crippen LogP contribution in [-0.4, -0.2) is 23.3 Å². The lowest BCUT2D eigenvalue weighted by atomic mass is 9.78. The topological polar surface area (TPSA) is 85.1 Å². The van der Waals surface area contributed by atoms with Gasteiger partial charge in [-0.25, -0.2) is 0 Å². The molecule has 2 atom stereocenters. The summed E-state index contributed by atoms with van der Waals surface area (Å²) in [6, 6.07) is 7.43. The minimum absolute atomic E-state index is 0.306. The predicted molar refractivity (Wildman–Crippen MR) is 79.6 cm³/mol. The van der Waals surface area contributed by atoms with Crippen molar-refractivity contribution in [2.24, 2.45) is 11.1 Å². The summed E-state index contributed by atoms with van der Waals surface area (Å²) in [4.78, 5) is 28.0. The van der Waals surface area contributed by atoms with Gasteiger partial charge in [-0.05, 0) is 29.5 Å². The quantitative estimate of drug-likeness (QED) is 0.666. The van der Waals surface area contributed by atoms with Crippen molar-refractivity contribution in [3.63, 3.8) is 0 Å². The Balaban J connectivity index is 2.08. The van der Waals surface area contributed by atoms with E-state index in [1.54, 1.807) is 12.4 Å². The van der Waals surface area contributed by atoms with Crippen LogP contribution in [-0.2, 0) is 9.59 Å². The molecule has 0 bridgehead atoms. The number of nitrogens with two attached hydrogens (primary N) is 1. The smallest absolute Gasteiger partial charge is 0.237 e. The molecule has 0 saturated carbocycles. The van der Waals surface area contributed by atoms with Crippen LogP contribution in [0.1, 0.15) is 17.4 Å². The minimum atomic E-state index is -1.39. The first-order valence-electron chi connectivity index (χ1n) is 6.61. The summed E-state index contributed by atoms with van der Waals surface area (Å²) in [6.07, 6.45) is 3.73. The molecule has 3 N–H and O–H groups in total. The first kappa shape index (κ1) is 13.8. The molecule has 2 heterocycles. The molecule has 1 aliphatic rings. The summed E-state index contributed by atoms with van der Waals surface area (Å²) in [6.45, 7) is 0.403. The fraction of sp³-hybridized carbons (Fsp3) is 0.267. The van der Waals surface area contributed by atoms with Crippen LogP contribution in [0.5, 0.6) is 0 Å². The van der Waals surface area contributed by atoms with Gasteiger partial charge in [0.2, 0.25) is 11.8 Å². The maximum atomic E-state index is 12.1. The van der Waals surface area contributed by atoms with Crippen molar-refractivity contribution in [1.29, 1.82) is 0 Å². The molecule has 1 aromatic carbocycles. The van der Waals surface area contributed by atoms with Gasteiger partial charge in [0.15, 0.2) is 0 Å². The van der Waals surface area contributed by atoms with Gasteiger partial charge in [-0.3, -0.25) is 14.6 Å². The lowest BCUT2D eigenvalue weighted by Crippen LogP contribution is -2.46. The fourth-order valence-corrected chi connectivity index (χ4v) is 3.24. The second kappa shape index (κ2) is 5.00. The lowest BCUT2D eigenvalue weighted by Gasteiger charge is -2.28. The zero-order valence-corrected chi connectivity index (χ0v) is 11.9. The molecule has 1 fully saturated rings. The third-order valence-corrected chi connectivity index (χ3v) is 4.66. The van der Waals surface area contributed by atoms with E-state index in [2.05, 4.69) is 10.3 Å². The highest BCUT2D eigenvalue weighted by atomic mass is 35.5. The maximum Gasteiger partial charge on any atom is 0.237 e. The van der Waals surface area contributed by atoms with E-state index in [0.29, 0.717) is 18.5 Å². The summed E-state index contributed by atoms with van der Waals surface area (Å²) >= 11 is 6.48. The molecule has 5 nitrogen and oxygen atoms in total. The highest BCUT2D eigenvalue weighted by Crippen LogP contribution is 2.45. The van der Waals surface area contributed by atoms with E-state index in [4.69, 9.17) is 17.3 Å². The SMILES string of the molecule is NC(=O)[C@@]1(C(Cl)c2ccc3ccncc3c2)CCNC1=O. The number of hydrogen-bond donors (Lipinski definition) is 2. The largest absolute Gasteiger partial charge is 0.369 e. The molecule has 2 aromatic rings. The van der Waals surface area contributed by atoms with Gasteiger partial charge >= 0.3 is 0 Å². The van der Waals surface area contributed by atoms with Crippen LogP contribution in [0.15, 0.2) is 36.7 Å². The Bertz CT molecular complexity index is 734. The van der Waals surface area contributed by atoms with Gasteiger partial charge in [0.25, 0.3) is 0 Å². The Morgan fingerprint density at radius 1 is 1.38 bits per heavy atom. The molecule has 0 radical (unpaired) electrons. The molecule has 1 aliphatic heterocycles. The van der Waals surface area contributed by atoms with Crippen LogP contribution < -0.4 is 11.1 Å². The molecule has 0 aliphatic carbocycles. The second-order valence-corrected chi connectivity index (χ2v) is 5.62. The maximum absolute atomic E-state index is 12.1. The van der Waals surface area contributed by atoms with Crippen molar-refractivity contribution in [3.8, 4) is 0 Å². The van der Waals surface area contributed by atoms with Gasteiger partial charge < -0.3 is 11.1 Å². The normalized spacial score (nSPS) is 23.0. The number of pyridine rings is 1. The Kier molecular flexibility index (Phi) is 3.29. The number of carbonyl (C=O) groups excluding carboxylic acids is 2. The Labute approximate surface area is 126 Å². The fourth-order valence-electron chi connectivity index (χ4n) is 2.79. The number of carbonyl (C=O) groups is 2. The van der Waals surface area contributed by atoms with Crippen molar-refractivity contribution in [2.75, 3.05) is 6.54 Å². The number of nitrogens with zero attached hydrogens (tertiary/aromatic N) is 1.